The number of hydrogen-bond donors (Lipinski definition) is 1. The van der Waals surface area contributed by atoms with Gasteiger partial charge in [0.05, 0.1) is 25.2 Å². The predicted octanol–water partition coefficient (Wildman–Crippen LogP) is 2.13. The van der Waals surface area contributed by atoms with Gasteiger partial charge < -0.3 is 15.0 Å². The lowest BCUT2D eigenvalue weighted by molar-refractivity contribution is -0.143. The minimum absolute atomic E-state index is 0.0269. The Morgan fingerprint density at radius 2 is 1.76 bits per heavy atom. The first-order chi connectivity index (χ1) is 12.0. The van der Waals surface area contributed by atoms with Crippen LogP contribution in [0.4, 0.5) is 0 Å². The second-order valence-corrected chi connectivity index (χ2v) is 6.65. The lowest BCUT2D eigenvalue weighted by Crippen LogP contribution is -2.51. The summed E-state index contributed by atoms with van der Waals surface area (Å²) in [7, 11) is 0. The Kier molecular flexibility index (Phi) is 5.34. The summed E-state index contributed by atoms with van der Waals surface area (Å²) in [5.41, 5.74) is 0.969. The van der Waals surface area contributed by atoms with Gasteiger partial charge in [-0.2, -0.15) is 0 Å². The summed E-state index contributed by atoms with van der Waals surface area (Å²) in [5, 5.41) is 4.93. The average Bonchev–Trinajstić information content (AvgIpc) is 2.59. The van der Waals surface area contributed by atoms with Gasteiger partial charge in [0.15, 0.2) is 0 Å². The van der Waals surface area contributed by atoms with E-state index in [1.54, 1.807) is 4.90 Å². The number of benzene rings is 2. The maximum Gasteiger partial charge on any atom is 0.242 e. The molecule has 0 radical (unpaired) electrons. The highest BCUT2D eigenvalue weighted by atomic mass is 16.5. The van der Waals surface area contributed by atoms with Gasteiger partial charge >= 0.3 is 0 Å². The zero-order chi connectivity index (χ0) is 17.8. The fourth-order valence-corrected chi connectivity index (χ4v) is 3.35. The second kappa shape index (κ2) is 7.66. The summed E-state index contributed by atoms with van der Waals surface area (Å²) in [6.07, 6.45) is 0.322. The monoisotopic (exact) mass is 340 g/mol. The second-order valence-electron chi connectivity index (χ2n) is 6.65. The molecule has 1 fully saturated rings. The average molecular weight is 340 g/mol. The number of amides is 2. The molecule has 1 aliphatic rings. The summed E-state index contributed by atoms with van der Waals surface area (Å²) >= 11 is 0. The number of nitrogens with one attached hydrogen (secondary N) is 1. The first kappa shape index (κ1) is 17.4. The van der Waals surface area contributed by atoms with Crippen LogP contribution in [0.1, 0.15) is 19.4 Å². The molecular formula is C20H24N2O3. The van der Waals surface area contributed by atoms with Crippen LogP contribution in [-0.2, 0) is 20.7 Å². The van der Waals surface area contributed by atoms with E-state index in [4.69, 9.17) is 4.74 Å². The highest BCUT2D eigenvalue weighted by Crippen LogP contribution is 2.18. The topological polar surface area (TPSA) is 58.6 Å². The molecule has 132 valence electrons. The normalized spacial score (nSPS) is 20.5. The van der Waals surface area contributed by atoms with Gasteiger partial charge in [-0.05, 0) is 30.2 Å². The van der Waals surface area contributed by atoms with Gasteiger partial charge in [0.25, 0.3) is 0 Å². The molecule has 0 saturated carbocycles. The SMILES string of the molecule is C[C@@H]1CN(C(=O)CNC(=O)Cc2cccc3ccccc23)C[C@@H](C)O1. The molecule has 2 aromatic rings. The van der Waals surface area contributed by atoms with Crippen molar-refractivity contribution in [3.8, 4) is 0 Å². The van der Waals surface area contributed by atoms with Crippen molar-refractivity contribution in [3.05, 3.63) is 48.0 Å². The predicted molar refractivity (Wildman–Crippen MR) is 97.3 cm³/mol. The lowest BCUT2D eigenvalue weighted by Gasteiger charge is -2.35. The van der Waals surface area contributed by atoms with Gasteiger partial charge in [-0.3, -0.25) is 9.59 Å². The highest BCUT2D eigenvalue weighted by Gasteiger charge is 2.25. The van der Waals surface area contributed by atoms with Crippen LogP contribution >= 0.6 is 0 Å². The lowest BCUT2D eigenvalue weighted by atomic mass is 10.0. The summed E-state index contributed by atoms with van der Waals surface area (Å²) in [4.78, 5) is 26.3. The van der Waals surface area contributed by atoms with Crippen LogP contribution in [-0.4, -0.2) is 48.6 Å². The number of fused-ring (bicyclic) bond motifs is 1. The number of hydrogen-bond acceptors (Lipinski definition) is 3. The van der Waals surface area contributed by atoms with E-state index in [1.807, 2.05) is 56.3 Å². The van der Waals surface area contributed by atoms with Crippen LogP contribution in [0.5, 0.6) is 0 Å². The number of carbonyl (C=O) groups is 2. The quantitative estimate of drug-likeness (QED) is 0.928. The Labute approximate surface area is 148 Å². The van der Waals surface area contributed by atoms with Crippen molar-refractivity contribution < 1.29 is 14.3 Å². The molecule has 2 amide bonds. The maximum atomic E-state index is 12.3. The molecule has 0 bridgehead atoms. The van der Waals surface area contributed by atoms with Gasteiger partial charge in [-0.1, -0.05) is 42.5 Å². The Morgan fingerprint density at radius 1 is 1.08 bits per heavy atom. The Bertz CT molecular complexity index is 759. The standard InChI is InChI=1S/C20H24N2O3/c1-14-12-22(13-15(2)25-14)20(24)11-21-19(23)10-17-8-5-7-16-6-3-4-9-18(16)17/h3-9,14-15H,10-13H2,1-2H3,(H,21,23)/t14-,15-/m1/s1. The molecule has 1 heterocycles. The van der Waals surface area contributed by atoms with Crippen molar-refractivity contribution in [1.82, 2.24) is 10.2 Å². The van der Waals surface area contributed by atoms with Gasteiger partial charge in [0.1, 0.15) is 0 Å². The van der Waals surface area contributed by atoms with E-state index >= 15 is 0 Å². The molecule has 5 nitrogen and oxygen atoms in total. The van der Waals surface area contributed by atoms with Crippen molar-refractivity contribution in [3.63, 3.8) is 0 Å². The zero-order valence-electron chi connectivity index (χ0n) is 14.7. The van der Waals surface area contributed by atoms with Gasteiger partial charge in [-0.25, -0.2) is 0 Å². The van der Waals surface area contributed by atoms with E-state index in [0.29, 0.717) is 13.1 Å². The van der Waals surface area contributed by atoms with Crippen molar-refractivity contribution in [2.24, 2.45) is 0 Å². The largest absolute Gasteiger partial charge is 0.372 e. The molecule has 25 heavy (non-hydrogen) atoms. The maximum absolute atomic E-state index is 12.3. The summed E-state index contributed by atoms with van der Waals surface area (Å²) in [6.45, 7) is 5.08. The van der Waals surface area contributed by atoms with Crippen LogP contribution in [0.25, 0.3) is 10.8 Å². The van der Waals surface area contributed by atoms with E-state index in [1.165, 1.54) is 0 Å². The number of ether oxygens (including phenoxy) is 1. The third-order valence-electron chi connectivity index (χ3n) is 4.44. The van der Waals surface area contributed by atoms with Crippen LogP contribution in [0, 0.1) is 0 Å². The van der Waals surface area contributed by atoms with E-state index in [0.717, 1.165) is 16.3 Å². The van der Waals surface area contributed by atoms with Crippen LogP contribution in [0.15, 0.2) is 42.5 Å². The minimum atomic E-state index is -0.140. The molecule has 0 unspecified atom stereocenters. The zero-order valence-corrected chi connectivity index (χ0v) is 14.7. The highest BCUT2D eigenvalue weighted by molar-refractivity contribution is 5.91. The third-order valence-corrected chi connectivity index (χ3v) is 4.44. The summed E-state index contributed by atoms with van der Waals surface area (Å²) in [6, 6.07) is 13.9. The van der Waals surface area contributed by atoms with Crippen molar-refractivity contribution in [2.75, 3.05) is 19.6 Å². The van der Waals surface area contributed by atoms with E-state index in [9.17, 15) is 9.59 Å². The van der Waals surface area contributed by atoms with Crippen LogP contribution in [0.3, 0.4) is 0 Å². The van der Waals surface area contributed by atoms with Crippen LogP contribution in [0.2, 0.25) is 0 Å². The number of carbonyl (C=O) groups excluding carboxylic acids is 2. The fraction of sp³-hybridized carbons (Fsp3) is 0.400. The molecule has 0 aromatic heterocycles. The smallest absolute Gasteiger partial charge is 0.242 e. The Morgan fingerprint density at radius 3 is 2.52 bits per heavy atom. The summed E-state index contributed by atoms with van der Waals surface area (Å²) < 4.78 is 5.63. The number of morpholine rings is 1. The van der Waals surface area contributed by atoms with Crippen molar-refractivity contribution in [1.29, 1.82) is 0 Å². The van der Waals surface area contributed by atoms with Crippen molar-refractivity contribution in [2.45, 2.75) is 32.5 Å². The molecule has 1 N–H and O–H groups in total. The molecule has 0 spiro atoms. The summed E-state index contributed by atoms with van der Waals surface area (Å²) in [5.74, 6) is -0.202. The first-order valence-corrected chi connectivity index (χ1v) is 8.69. The number of nitrogens with zero attached hydrogens (tertiary/aromatic N) is 1. The molecule has 1 aliphatic heterocycles. The molecule has 2 aromatic carbocycles. The van der Waals surface area contributed by atoms with Gasteiger partial charge in [-0.15, -0.1) is 0 Å². The molecule has 1 saturated heterocycles. The van der Waals surface area contributed by atoms with Crippen LogP contribution < -0.4 is 5.32 Å². The first-order valence-electron chi connectivity index (χ1n) is 8.69. The van der Waals surface area contributed by atoms with Gasteiger partial charge in [0, 0.05) is 13.1 Å². The fourth-order valence-electron chi connectivity index (χ4n) is 3.35. The minimum Gasteiger partial charge on any atom is -0.372 e. The molecule has 2 atom stereocenters. The molecular weight excluding hydrogens is 316 g/mol. The molecule has 3 rings (SSSR count). The van der Waals surface area contributed by atoms with E-state index in [-0.39, 0.29) is 37.0 Å². The third kappa shape index (κ3) is 4.37. The Balaban J connectivity index is 1.56. The molecule has 5 heteroatoms. The van der Waals surface area contributed by atoms with E-state index in [2.05, 4.69) is 5.32 Å². The van der Waals surface area contributed by atoms with Gasteiger partial charge in [0.2, 0.25) is 11.8 Å². The Hall–Kier alpha value is -2.40. The molecule has 0 aliphatic carbocycles. The number of rotatable bonds is 4. The van der Waals surface area contributed by atoms with Crippen molar-refractivity contribution >= 4 is 22.6 Å². The van der Waals surface area contributed by atoms with E-state index < -0.39 is 0 Å².